The molecule has 1 heterocycles. The summed E-state index contributed by atoms with van der Waals surface area (Å²) < 4.78 is 45.9. The Hall–Kier alpha value is -2.65. The summed E-state index contributed by atoms with van der Waals surface area (Å²) in [5, 5.41) is 2.49. The van der Waals surface area contributed by atoms with Crippen LogP contribution in [0.5, 0.6) is 5.75 Å². The summed E-state index contributed by atoms with van der Waals surface area (Å²) >= 11 is 0. The van der Waals surface area contributed by atoms with Crippen LogP contribution < -0.4 is 15.0 Å². The van der Waals surface area contributed by atoms with Crippen molar-refractivity contribution in [1.29, 1.82) is 0 Å². The van der Waals surface area contributed by atoms with Gasteiger partial charge in [0.1, 0.15) is 11.6 Å². The zero-order valence-corrected chi connectivity index (χ0v) is 17.2. The highest BCUT2D eigenvalue weighted by Gasteiger charge is 2.28. The van der Waals surface area contributed by atoms with Gasteiger partial charge < -0.3 is 15.0 Å². The second-order valence-corrected chi connectivity index (χ2v) is 8.65. The molecule has 0 radical (unpaired) electrons. The first-order valence-corrected chi connectivity index (χ1v) is 10.7. The maximum Gasteiger partial charge on any atom is 0.260 e. The molecule has 2 aromatic carbocycles. The van der Waals surface area contributed by atoms with E-state index in [-0.39, 0.29) is 16.6 Å². The van der Waals surface area contributed by atoms with Crippen molar-refractivity contribution >= 4 is 21.6 Å². The third kappa shape index (κ3) is 4.86. The number of sulfonamides is 1. The highest BCUT2D eigenvalue weighted by atomic mass is 32.2. The lowest BCUT2D eigenvalue weighted by molar-refractivity contribution is -0.126. The van der Waals surface area contributed by atoms with E-state index in [1.54, 1.807) is 31.2 Å². The van der Waals surface area contributed by atoms with Gasteiger partial charge in [0.2, 0.25) is 10.0 Å². The molecule has 1 fully saturated rings. The molecule has 1 aliphatic rings. The van der Waals surface area contributed by atoms with E-state index >= 15 is 0 Å². The van der Waals surface area contributed by atoms with Crippen LogP contribution in [0.25, 0.3) is 0 Å². The Morgan fingerprint density at radius 3 is 2.17 bits per heavy atom. The van der Waals surface area contributed by atoms with Gasteiger partial charge in [0.05, 0.1) is 4.90 Å². The van der Waals surface area contributed by atoms with Crippen molar-refractivity contribution < 1.29 is 22.3 Å². The molecule has 0 bridgehead atoms. The fourth-order valence-electron chi connectivity index (χ4n) is 3.14. The smallest absolute Gasteiger partial charge is 0.260 e. The Morgan fingerprint density at radius 2 is 1.62 bits per heavy atom. The van der Waals surface area contributed by atoms with E-state index in [9.17, 15) is 17.6 Å². The van der Waals surface area contributed by atoms with Gasteiger partial charge in [-0.2, -0.15) is 4.31 Å². The zero-order valence-electron chi connectivity index (χ0n) is 16.3. The van der Waals surface area contributed by atoms with Crippen LogP contribution in [0.1, 0.15) is 6.92 Å². The van der Waals surface area contributed by atoms with Crippen LogP contribution in [-0.4, -0.2) is 58.0 Å². The third-order valence-electron chi connectivity index (χ3n) is 4.82. The van der Waals surface area contributed by atoms with Crippen molar-refractivity contribution in [2.45, 2.75) is 17.9 Å². The number of piperazine rings is 1. The van der Waals surface area contributed by atoms with Crippen molar-refractivity contribution in [3.63, 3.8) is 0 Å². The monoisotopic (exact) mass is 421 g/mol. The molecule has 0 aliphatic carbocycles. The van der Waals surface area contributed by atoms with Crippen molar-refractivity contribution in [3.8, 4) is 5.75 Å². The summed E-state index contributed by atoms with van der Waals surface area (Å²) in [7, 11) is -2.11. The average molecular weight is 421 g/mol. The third-order valence-corrected chi connectivity index (χ3v) is 6.73. The standard InChI is InChI=1S/C20H24FN3O4S/c1-15(20(25)22-2)28-18-7-9-19(10-8-18)29(26,27)24-13-11-23(12-14-24)17-5-3-16(21)4-6-17/h3-10,15H,11-14H2,1-2H3,(H,22,25)/t15-/m1/s1. The number of benzene rings is 2. The Bertz CT molecular complexity index is 941. The molecule has 0 spiro atoms. The number of carbonyl (C=O) groups is 1. The van der Waals surface area contributed by atoms with E-state index in [2.05, 4.69) is 5.32 Å². The van der Waals surface area contributed by atoms with Crippen LogP contribution in [0.3, 0.4) is 0 Å². The van der Waals surface area contributed by atoms with E-state index in [0.29, 0.717) is 31.9 Å². The molecule has 0 saturated carbocycles. The van der Waals surface area contributed by atoms with Gasteiger partial charge in [-0.3, -0.25) is 4.79 Å². The number of rotatable bonds is 6. The number of amides is 1. The summed E-state index contributed by atoms with van der Waals surface area (Å²) in [6.07, 6.45) is -0.679. The van der Waals surface area contributed by atoms with Crippen molar-refractivity contribution in [2.24, 2.45) is 0 Å². The van der Waals surface area contributed by atoms with Gasteiger partial charge in [-0.15, -0.1) is 0 Å². The summed E-state index contributed by atoms with van der Waals surface area (Å²) in [4.78, 5) is 13.7. The van der Waals surface area contributed by atoms with Crippen LogP contribution in [0.4, 0.5) is 10.1 Å². The maximum absolute atomic E-state index is 13.1. The van der Waals surface area contributed by atoms with Crippen LogP contribution in [0.2, 0.25) is 0 Å². The molecule has 1 amide bonds. The van der Waals surface area contributed by atoms with Crippen LogP contribution >= 0.6 is 0 Å². The van der Waals surface area contributed by atoms with E-state index in [1.165, 1.54) is 35.6 Å². The first-order valence-electron chi connectivity index (χ1n) is 9.30. The fraction of sp³-hybridized carbons (Fsp3) is 0.350. The summed E-state index contributed by atoms with van der Waals surface area (Å²) in [6.45, 7) is 3.34. The molecule has 1 saturated heterocycles. The van der Waals surface area contributed by atoms with E-state index in [1.807, 2.05) is 4.90 Å². The van der Waals surface area contributed by atoms with Crippen molar-refractivity contribution in [1.82, 2.24) is 9.62 Å². The molecular weight excluding hydrogens is 397 g/mol. The number of ether oxygens (including phenoxy) is 1. The van der Waals surface area contributed by atoms with E-state index < -0.39 is 16.1 Å². The topological polar surface area (TPSA) is 78.9 Å². The molecule has 3 rings (SSSR count). The van der Waals surface area contributed by atoms with Crippen molar-refractivity contribution in [3.05, 3.63) is 54.3 Å². The Kier molecular flexibility index (Phi) is 6.39. The molecule has 156 valence electrons. The van der Waals surface area contributed by atoms with Crippen LogP contribution in [-0.2, 0) is 14.8 Å². The molecule has 7 nitrogen and oxygen atoms in total. The van der Waals surface area contributed by atoms with Crippen LogP contribution in [0, 0.1) is 5.82 Å². The molecule has 9 heteroatoms. The molecular formula is C20H24FN3O4S. The van der Waals surface area contributed by atoms with Crippen molar-refractivity contribution in [2.75, 3.05) is 38.1 Å². The van der Waals surface area contributed by atoms with Gasteiger partial charge >= 0.3 is 0 Å². The van der Waals surface area contributed by atoms with Gasteiger partial charge in [0.15, 0.2) is 6.10 Å². The van der Waals surface area contributed by atoms with Crippen LogP contribution in [0.15, 0.2) is 53.4 Å². The van der Waals surface area contributed by atoms with Gasteiger partial charge in [-0.1, -0.05) is 0 Å². The van der Waals surface area contributed by atoms with Gasteiger partial charge in [0.25, 0.3) is 5.91 Å². The van der Waals surface area contributed by atoms with Gasteiger partial charge in [-0.05, 0) is 55.5 Å². The number of hydrogen-bond acceptors (Lipinski definition) is 5. The quantitative estimate of drug-likeness (QED) is 0.770. The summed E-state index contributed by atoms with van der Waals surface area (Å²) in [5.74, 6) is -0.144. The lowest BCUT2D eigenvalue weighted by Gasteiger charge is -2.35. The molecule has 1 aliphatic heterocycles. The number of likely N-dealkylation sites (N-methyl/N-ethyl adjacent to an activating group) is 1. The number of nitrogens with zero attached hydrogens (tertiary/aromatic N) is 2. The summed E-state index contributed by atoms with van der Waals surface area (Å²) in [5.41, 5.74) is 0.871. The predicted molar refractivity (Wildman–Crippen MR) is 108 cm³/mol. The second-order valence-electron chi connectivity index (χ2n) is 6.71. The minimum Gasteiger partial charge on any atom is -0.481 e. The lowest BCUT2D eigenvalue weighted by Crippen LogP contribution is -2.48. The molecule has 0 aromatic heterocycles. The molecule has 1 atom stereocenters. The number of hydrogen-bond donors (Lipinski definition) is 1. The number of halogens is 1. The largest absolute Gasteiger partial charge is 0.481 e. The van der Waals surface area contributed by atoms with Gasteiger partial charge in [0, 0.05) is 38.9 Å². The molecule has 1 N–H and O–H groups in total. The zero-order chi connectivity index (χ0) is 21.0. The normalized spacial score (nSPS) is 16.3. The minimum absolute atomic E-state index is 0.174. The first kappa shape index (κ1) is 21.1. The molecule has 2 aromatic rings. The molecule has 29 heavy (non-hydrogen) atoms. The Labute approximate surface area is 170 Å². The molecule has 0 unspecified atom stereocenters. The Morgan fingerprint density at radius 1 is 1.03 bits per heavy atom. The van der Waals surface area contributed by atoms with Gasteiger partial charge in [-0.25, -0.2) is 12.8 Å². The highest BCUT2D eigenvalue weighted by Crippen LogP contribution is 2.23. The highest BCUT2D eigenvalue weighted by molar-refractivity contribution is 7.89. The Balaban J connectivity index is 1.63. The summed E-state index contributed by atoms with van der Waals surface area (Å²) in [6, 6.07) is 12.2. The fourth-order valence-corrected chi connectivity index (χ4v) is 4.56. The van der Waals surface area contributed by atoms with E-state index in [4.69, 9.17) is 4.74 Å². The minimum atomic E-state index is -3.63. The maximum atomic E-state index is 13.1. The number of nitrogens with one attached hydrogen (secondary N) is 1. The SMILES string of the molecule is CNC(=O)[C@@H](C)Oc1ccc(S(=O)(=O)N2CCN(c3ccc(F)cc3)CC2)cc1. The van der Waals surface area contributed by atoms with E-state index in [0.717, 1.165) is 5.69 Å². The number of anilines is 1. The predicted octanol–water partition coefficient (Wildman–Crippen LogP) is 1.85. The first-order chi connectivity index (χ1) is 13.8. The lowest BCUT2D eigenvalue weighted by atomic mass is 10.2. The average Bonchev–Trinajstić information content (AvgIpc) is 2.74. The number of carbonyl (C=O) groups excluding carboxylic acids is 1. The second kappa shape index (κ2) is 8.79.